The standard InChI is InChI=1S/C2HF5O4S/c3-1(4)10-11-12(8,9)2(5,6)7/h1H. The fourth-order valence-corrected chi connectivity index (χ4v) is 0.360. The third kappa shape index (κ3) is 3.28. The smallest absolute Gasteiger partial charge is 0.187 e. The Morgan fingerprint density at radius 2 is 1.58 bits per heavy atom. The van der Waals surface area contributed by atoms with E-state index < -0.39 is 22.2 Å². The molecule has 0 N–H and O–H groups in total. The largest absolute Gasteiger partial charge is 0.525 e. The fourth-order valence-electron chi connectivity index (χ4n) is 0.120. The molecule has 0 saturated heterocycles. The van der Waals surface area contributed by atoms with Crippen LogP contribution in [-0.2, 0) is 19.3 Å². The molecular formula is C2HF5O4S. The van der Waals surface area contributed by atoms with Gasteiger partial charge in [0.15, 0.2) is 0 Å². The Bertz CT molecular complexity index is 228. The third-order valence-corrected chi connectivity index (χ3v) is 1.31. The highest BCUT2D eigenvalue weighted by atomic mass is 32.2. The molecule has 0 unspecified atom stereocenters. The second-order valence-corrected chi connectivity index (χ2v) is 2.83. The summed E-state index contributed by atoms with van der Waals surface area (Å²) in [7, 11) is -6.10. The molecule has 0 heterocycles. The summed E-state index contributed by atoms with van der Waals surface area (Å²) < 4.78 is 77.6. The zero-order valence-corrected chi connectivity index (χ0v) is 5.82. The van der Waals surface area contributed by atoms with Crippen LogP contribution in [0.25, 0.3) is 0 Å². The topological polar surface area (TPSA) is 52.6 Å². The lowest BCUT2D eigenvalue weighted by Crippen LogP contribution is -2.26. The molecule has 0 rings (SSSR count). The fraction of sp³-hybridized carbons (Fsp3) is 1.00. The maximum atomic E-state index is 11.2. The zero-order valence-electron chi connectivity index (χ0n) is 5.01. The predicted octanol–water partition coefficient (Wildman–Crippen LogP) is 1.01. The van der Waals surface area contributed by atoms with E-state index in [1.807, 2.05) is 0 Å². The summed E-state index contributed by atoms with van der Waals surface area (Å²) in [5, 5.41) is 0. The molecule has 10 heteroatoms. The number of hydrogen-bond donors (Lipinski definition) is 0. The first kappa shape index (κ1) is 11.5. The van der Waals surface area contributed by atoms with Crippen molar-refractivity contribution in [3.8, 4) is 0 Å². The average molecular weight is 216 g/mol. The van der Waals surface area contributed by atoms with Gasteiger partial charge in [0.2, 0.25) is 0 Å². The molecule has 74 valence electrons. The van der Waals surface area contributed by atoms with Gasteiger partial charge in [0.1, 0.15) is 0 Å². The molecule has 0 amide bonds. The monoisotopic (exact) mass is 216 g/mol. The molecule has 0 aromatic rings. The summed E-state index contributed by atoms with van der Waals surface area (Å²) in [4.78, 5) is 2.49. The number of hydrogen-bond acceptors (Lipinski definition) is 4. The molecule has 0 spiro atoms. The SMILES string of the molecule is O=S(=O)(OOC(F)F)C(F)(F)F. The molecule has 4 nitrogen and oxygen atoms in total. The van der Waals surface area contributed by atoms with Gasteiger partial charge in [-0.3, -0.25) is 0 Å². The lowest BCUT2D eigenvalue weighted by molar-refractivity contribution is -0.325. The van der Waals surface area contributed by atoms with E-state index in [0.717, 1.165) is 0 Å². The highest BCUT2D eigenvalue weighted by Crippen LogP contribution is 2.25. The van der Waals surface area contributed by atoms with Gasteiger partial charge in [0.25, 0.3) is 0 Å². The van der Waals surface area contributed by atoms with Gasteiger partial charge in [-0.25, -0.2) is 0 Å². The Labute approximate surface area is 62.9 Å². The molecule has 0 aromatic carbocycles. The highest BCUT2D eigenvalue weighted by Gasteiger charge is 2.49. The zero-order chi connectivity index (χ0) is 9.99. The van der Waals surface area contributed by atoms with Gasteiger partial charge in [-0.2, -0.15) is 30.4 Å². The van der Waals surface area contributed by atoms with Crippen molar-refractivity contribution in [3.05, 3.63) is 0 Å². The van der Waals surface area contributed by atoms with Crippen molar-refractivity contribution >= 4 is 10.1 Å². The summed E-state index contributed by atoms with van der Waals surface area (Å²) in [6, 6.07) is 0. The lowest BCUT2D eigenvalue weighted by Gasteiger charge is -2.05. The van der Waals surface area contributed by atoms with E-state index in [-0.39, 0.29) is 0 Å². The first-order valence-corrected chi connectivity index (χ1v) is 3.52. The van der Waals surface area contributed by atoms with Crippen molar-refractivity contribution in [2.24, 2.45) is 0 Å². The summed E-state index contributed by atoms with van der Waals surface area (Å²) in [5.74, 6) is 0. The maximum absolute atomic E-state index is 11.2. The minimum absolute atomic E-state index is 2.45. The van der Waals surface area contributed by atoms with Gasteiger partial charge < -0.3 is 0 Å². The Balaban J connectivity index is 4.27. The van der Waals surface area contributed by atoms with E-state index in [4.69, 9.17) is 0 Å². The Morgan fingerprint density at radius 3 is 1.83 bits per heavy atom. The second-order valence-electron chi connectivity index (χ2n) is 1.32. The van der Waals surface area contributed by atoms with Crippen LogP contribution in [-0.4, -0.2) is 20.5 Å². The van der Waals surface area contributed by atoms with Gasteiger partial charge in [0, 0.05) is 0 Å². The van der Waals surface area contributed by atoms with Crippen molar-refractivity contribution in [1.29, 1.82) is 0 Å². The molecule has 0 aliphatic heterocycles. The van der Waals surface area contributed by atoms with Crippen molar-refractivity contribution in [2.45, 2.75) is 12.1 Å². The third-order valence-electron chi connectivity index (χ3n) is 0.485. The van der Waals surface area contributed by atoms with E-state index in [1.165, 1.54) is 0 Å². The Morgan fingerprint density at radius 1 is 1.17 bits per heavy atom. The van der Waals surface area contributed by atoms with E-state index in [2.05, 4.69) is 9.22 Å². The Hall–Kier alpha value is -0.480. The molecule has 0 bridgehead atoms. The van der Waals surface area contributed by atoms with Crippen molar-refractivity contribution in [2.75, 3.05) is 0 Å². The average Bonchev–Trinajstić information content (AvgIpc) is 1.81. The van der Waals surface area contributed by atoms with E-state index >= 15 is 0 Å². The summed E-state index contributed by atoms with van der Waals surface area (Å²) in [6.07, 6.45) is 0. The van der Waals surface area contributed by atoms with Gasteiger partial charge in [-0.15, -0.1) is 4.89 Å². The number of rotatable bonds is 3. The van der Waals surface area contributed by atoms with Crippen molar-refractivity contribution in [3.63, 3.8) is 0 Å². The van der Waals surface area contributed by atoms with Gasteiger partial charge >= 0.3 is 22.2 Å². The molecule has 0 atom stereocenters. The van der Waals surface area contributed by atoms with Crippen LogP contribution in [0.5, 0.6) is 0 Å². The Kier molecular flexibility index (Phi) is 3.35. The lowest BCUT2D eigenvalue weighted by atomic mass is 11.5. The van der Waals surface area contributed by atoms with Crippen molar-refractivity contribution in [1.82, 2.24) is 0 Å². The number of alkyl halides is 5. The van der Waals surface area contributed by atoms with Gasteiger partial charge in [0.05, 0.1) is 0 Å². The molecule has 12 heavy (non-hydrogen) atoms. The van der Waals surface area contributed by atoms with Crippen LogP contribution in [0.4, 0.5) is 22.0 Å². The highest BCUT2D eigenvalue weighted by molar-refractivity contribution is 7.87. The summed E-state index contributed by atoms with van der Waals surface area (Å²) >= 11 is 0. The molecule has 0 radical (unpaired) electrons. The second kappa shape index (κ2) is 3.49. The van der Waals surface area contributed by atoms with E-state index in [9.17, 15) is 30.4 Å². The van der Waals surface area contributed by atoms with Crippen molar-refractivity contribution < 1.29 is 39.6 Å². The molecule has 0 saturated carbocycles. The van der Waals surface area contributed by atoms with Crippen LogP contribution in [0, 0.1) is 0 Å². The minimum Gasteiger partial charge on any atom is -0.187 e. The summed E-state index contributed by atoms with van der Waals surface area (Å²) in [6.45, 7) is -3.76. The molecule has 0 aliphatic rings. The van der Waals surface area contributed by atoms with Crippen LogP contribution >= 0.6 is 0 Å². The predicted molar refractivity (Wildman–Crippen MR) is 23.1 cm³/mol. The van der Waals surface area contributed by atoms with E-state index in [0.29, 0.717) is 0 Å². The summed E-state index contributed by atoms with van der Waals surface area (Å²) in [5.41, 5.74) is -5.78. The first-order valence-electron chi connectivity index (χ1n) is 2.11. The first-order chi connectivity index (χ1) is 5.17. The van der Waals surface area contributed by atoms with Gasteiger partial charge in [-0.1, -0.05) is 4.33 Å². The maximum Gasteiger partial charge on any atom is 0.525 e. The molecule has 0 fully saturated rings. The minimum atomic E-state index is -6.10. The normalized spacial score (nSPS) is 13.8. The van der Waals surface area contributed by atoms with Crippen LogP contribution in [0.2, 0.25) is 0 Å². The number of halogens is 5. The van der Waals surface area contributed by atoms with Crippen LogP contribution < -0.4 is 0 Å². The van der Waals surface area contributed by atoms with E-state index in [1.54, 1.807) is 0 Å². The quantitative estimate of drug-likeness (QED) is 0.305. The molecule has 0 aromatic heterocycles. The van der Waals surface area contributed by atoms with Crippen LogP contribution in [0.3, 0.4) is 0 Å². The van der Waals surface area contributed by atoms with Crippen LogP contribution in [0.15, 0.2) is 0 Å². The molecule has 0 aliphatic carbocycles. The van der Waals surface area contributed by atoms with Gasteiger partial charge in [-0.05, 0) is 0 Å². The van der Waals surface area contributed by atoms with Crippen LogP contribution in [0.1, 0.15) is 0 Å². The molecular weight excluding hydrogens is 215 g/mol.